The monoisotopic (exact) mass is 412 g/mol. The summed E-state index contributed by atoms with van der Waals surface area (Å²) < 4.78 is 16.8. The molecular weight excluding hydrogens is 380 g/mol. The van der Waals surface area contributed by atoms with Gasteiger partial charge in [-0.05, 0) is 30.7 Å². The van der Waals surface area contributed by atoms with Gasteiger partial charge < -0.3 is 14.2 Å². The standard InChI is InChI=1S/C24H32N2O4/c1-20(27)22-8-9-23(24(18-22)28-2)30-17-16-29-15-14-25-10-12-26(13-11-25)19-21-6-4-3-5-7-21/h3-9,18H,10-17,19H2,1-2H3. The molecule has 2 aromatic rings. The summed E-state index contributed by atoms with van der Waals surface area (Å²) in [7, 11) is 1.57. The van der Waals surface area contributed by atoms with Gasteiger partial charge in [-0.2, -0.15) is 0 Å². The average molecular weight is 413 g/mol. The van der Waals surface area contributed by atoms with E-state index in [0.29, 0.717) is 36.9 Å². The van der Waals surface area contributed by atoms with Crippen molar-refractivity contribution in [2.75, 3.05) is 59.7 Å². The molecule has 6 nitrogen and oxygen atoms in total. The van der Waals surface area contributed by atoms with E-state index >= 15 is 0 Å². The molecule has 1 heterocycles. The summed E-state index contributed by atoms with van der Waals surface area (Å²) in [5.74, 6) is 1.20. The number of methoxy groups -OCH3 is 1. The fourth-order valence-corrected chi connectivity index (χ4v) is 3.52. The van der Waals surface area contributed by atoms with Crippen LogP contribution >= 0.6 is 0 Å². The van der Waals surface area contributed by atoms with E-state index in [1.54, 1.807) is 25.3 Å². The third-order valence-electron chi connectivity index (χ3n) is 5.32. The van der Waals surface area contributed by atoms with Gasteiger partial charge in [-0.15, -0.1) is 0 Å². The highest BCUT2D eigenvalue weighted by Crippen LogP contribution is 2.28. The number of benzene rings is 2. The van der Waals surface area contributed by atoms with Crippen LogP contribution in [0.4, 0.5) is 0 Å². The van der Waals surface area contributed by atoms with Gasteiger partial charge in [-0.3, -0.25) is 14.6 Å². The normalized spacial score (nSPS) is 15.1. The molecule has 1 saturated heterocycles. The van der Waals surface area contributed by atoms with E-state index in [2.05, 4.69) is 40.1 Å². The summed E-state index contributed by atoms with van der Waals surface area (Å²) in [4.78, 5) is 16.4. The number of piperazine rings is 1. The highest BCUT2D eigenvalue weighted by Gasteiger charge is 2.16. The number of hydrogen-bond acceptors (Lipinski definition) is 6. The first-order chi connectivity index (χ1) is 14.7. The van der Waals surface area contributed by atoms with Crippen molar-refractivity contribution < 1.29 is 19.0 Å². The van der Waals surface area contributed by atoms with Crippen molar-refractivity contribution in [2.24, 2.45) is 0 Å². The van der Waals surface area contributed by atoms with Gasteiger partial charge in [0, 0.05) is 44.8 Å². The molecular formula is C24H32N2O4. The molecule has 6 heteroatoms. The lowest BCUT2D eigenvalue weighted by molar-refractivity contribution is 0.0598. The van der Waals surface area contributed by atoms with Crippen molar-refractivity contribution in [3.8, 4) is 11.5 Å². The van der Waals surface area contributed by atoms with E-state index in [4.69, 9.17) is 14.2 Å². The van der Waals surface area contributed by atoms with Crippen LogP contribution in [0.25, 0.3) is 0 Å². The van der Waals surface area contributed by atoms with E-state index in [1.807, 2.05) is 0 Å². The quantitative estimate of drug-likeness (QED) is 0.418. The maximum Gasteiger partial charge on any atom is 0.161 e. The number of ether oxygens (including phenoxy) is 3. The number of carbonyl (C=O) groups is 1. The van der Waals surface area contributed by atoms with Crippen molar-refractivity contribution >= 4 is 5.78 Å². The molecule has 2 aromatic carbocycles. The molecule has 1 fully saturated rings. The average Bonchev–Trinajstić information content (AvgIpc) is 2.78. The molecule has 0 amide bonds. The van der Waals surface area contributed by atoms with Gasteiger partial charge in [0.2, 0.25) is 0 Å². The summed E-state index contributed by atoms with van der Waals surface area (Å²) in [5.41, 5.74) is 1.99. The second kappa shape index (κ2) is 11.7. The molecule has 0 radical (unpaired) electrons. The Labute approximate surface area is 179 Å². The Morgan fingerprint density at radius 3 is 2.33 bits per heavy atom. The first kappa shape index (κ1) is 22.3. The second-order valence-electron chi connectivity index (χ2n) is 7.49. The number of ketones is 1. The third-order valence-corrected chi connectivity index (χ3v) is 5.32. The van der Waals surface area contributed by atoms with Crippen molar-refractivity contribution in [2.45, 2.75) is 13.5 Å². The molecule has 0 aliphatic carbocycles. The molecule has 0 atom stereocenters. The molecule has 162 valence electrons. The van der Waals surface area contributed by atoms with Gasteiger partial charge in [-0.25, -0.2) is 0 Å². The van der Waals surface area contributed by atoms with E-state index in [0.717, 1.165) is 39.3 Å². The zero-order valence-corrected chi connectivity index (χ0v) is 18.0. The number of hydrogen-bond donors (Lipinski definition) is 0. The van der Waals surface area contributed by atoms with Crippen LogP contribution in [0.3, 0.4) is 0 Å². The van der Waals surface area contributed by atoms with Crippen molar-refractivity contribution in [3.63, 3.8) is 0 Å². The smallest absolute Gasteiger partial charge is 0.161 e. The van der Waals surface area contributed by atoms with Gasteiger partial charge in [0.1, 0.15) is 6.61 Å². The van der Waals surface area contributed by atoms with Crippen LogP contribution in [0, 0.1) is 0 Å². The Morgan fingerprint density at radius 1 is 0.900 bits per heavy atom. The minimum Gasteiger partial charge on any atom is -0.493 e. The van der Waals surface area contributed by atoms with E-state index in [-0.39, 0.29) is 5.78 Å². The van der Waals surface area contributed by atoms with Gasteiger partial charge >= 0.3 is 0 Å². The summed E-state index contributed by atoms with van der Waals surface area (Å²) in [6.45, 7) is 9.50. The van der Waals surface area contributed by atoms with E-state index < -0.39 is 0 Å². The zero-order chi connectivity index (χ0) is 21.2. The molecule has 30 heavy (non-hydrogen) atoms. The minimum absolute atomic E-state index is 0.00378. The third kappa shape index (κ3) is 6.83. The highest BCUT2D eigenvalue weighted by molar-refractivity contribution is 5.94. The molecule has 0 bridgehead atoms. The lowest BCUT2D eigenvalue weighted by Gasteiger charge is -2.34. The number of rotatable bonds is 11. The Hall–Kier alpha value is -2.41. The molecule has 0 spiro atoms. The maximum absolute atomic E-state index is 11.5. The van der Waals surface area contributed by atoms with Crippen LogP contribution in [0.15, 0.2) is 48.5 Å². The van der Waals surface area contributed by atoms with Gasteiger partial charge in [-0.1, -0.05) is 30.3 Å². The predicted octanol–water partition coefficient (Wildman–Crippen LogP) is 3.11. The van der Waals surface area contributed by atoms with Crippen LogP contribution in [0.1, 0.15) is 22.8 Å². The highest BCUT2D eigenvalue weighted by atomic mass is 16.5. The molecule has 1 aliphatic heterocycles. The summed E-state index contributed by atoms with van der Waals surface area (Å²) in [6.07, 6.45) is 0. The fraction of sp³-hybridized carbons (Fsp3) is 0.458. The van der Waals surface area contributed by atoms with Crippen LogP contribution in [0.5, 0.6) is 11.5 Å². The number of carbonyl (C=O) groups excluding carboxylic acids is 1. The number of nitrogens with zero attached hydrogens (tertiary/aromatic N) is 2. The summed E-state index contributed by atoms with van der Waals surface area (Å²) >= 11 is 0. The van der Waals surface area contributed by atoms with Crippen LogP contribution < -0.4 is 9.47 Å². The lowest BCUT2D eigenvalue weighted by Crippen LogP contribution is -2.46. The largest absolute Gasteiger partial charge is 0.493 e. The SMILES string of the molecule is COc1cc(C(C)=O)ccc1OCCOCCN1CCN(Cc2ccccc2)CC1. The lowest BCUT2D eigenvalue weighted by atomic mass is 10.1. The number of Topliss-reactive ketones (excluding diaryl/α,β-unsaturated/α-hetero) is 1. The second-order valence-corrected chi connectivity index (χ2v) is 7.49. The Kier molecular flexibility index (Phi) is 8.68. The van der Waals surface area contributed by atoms with Gasteiger partial charge in [0.25, 0.3) is 0 Å². The van der Waals surface area contributed by atoms with E-state index in [9.17, 15) is 4.79 Å². The van der Waals surface area contributed by atoms with Gasteiger partial charge in [0.05, 0.1) is 20.3 Å². The minimum atomic E-state index is 0.00378. The van der Waals surface area contributed by atoms with Crippen molar-refractivity contribution in [1.82, 2.24) is 9.80 Å². The Bertz CT molecular complexity index is 789. The molecule has 0 aromatic heterocycles. The van der Waals surface area contributed by atoms with E-state index in [1.165, 1.54) is 12.5 Å². The Balaban J connectivity index is 1.28. The Morgan fingerprint density at radius 2 is 1.63 bits per heavy atom. The molecule has 1 aliphatic rings. The van der Waals surface area contributed by atoms with Crippen LogP contribution in [-0.4, -0.2) is 75.2 Å². The molecule has 0 N–H and O–H groups in total. The predicted molar refractivity (Wildman–Crippen MR) is 117 cm³/mol. The topological polar surface area (TPSA) is 51.2 Å². The van der Waals surface area contributed by atoms with Crippen molar-refractivity contribution in [3.05, 3.63) is 59.7 Å². The maximum atomic E-state index is 11.5. The molecule has 0 saturated carbocycles. The fourth-order valence-electron chi connectivity index (χ4n) is 3.52. The zero-order valence-electron chi connectivity index (χ0n) is 18.0. The molecule has 0 unspecified atom stereocenters. The molecule has 3 rings (SSSR count). The first-order valence-electron chi connectivity index (χ1n) is 10.5. The van der Waals surface area contributed by atoms with Crippen molar-refractivity contribution in [1.29, 1.82) is 0 Å². The first-order valence-corrected chi connectivity index (χ1v) is 10.5. The van der Waals surface area contributed by atoms with Gasteiger partial charge in [0.15, 0.2) is 17.3 Å². The summed E-state index contributed by atoms with van der Waals surface area (Å²) in [6, 6.07) is 15.9. The van der Waals surface area contributed by atoms with Crippen LogP contribution in [0.2, 0.25) is 0 Å². The van der Waals surface area contributed by atoms with Crippen LogP contribution in [-0.2, 0) is 11.3 Å². The summed E-state index contributed by atoms with van der Waals surface area (Å²) in [5, 5.41) is 0.